The molecule has 8 nitrogen and oxygen atoms in total. The van der Waals surface area contributed by atoms with Gasteiger partial charge >= 0.3 is 5.97 Å². The quantitative estimate of drug-likeness (QED) is 0.587. The smallest absolute Gasteiger partial charge is 0.342 e. The van der Waals surface area contributed by atoms with E-state index in [1.54, 1.807) is 24.3 Å². The highest BCUT2D eigenvalue weighted by molar-refractivity contribution is 6.04. The van der Waals surface area contributed by atoms with E-state index < -0.39 is 18.5 Å². The zero-order valence-electron chi connectivity index (χ0n) is 16.5. The van der Waals surface area contributed by atoms with E-state index >= 15 is 0 Å². The molecule has 2 amide bonds. The second kappa shape index (κ2) is 10.1. The van der Waals surface area contributed by atoms with Crippen molar-refractivity contribution in [1.82, 2.24) is 5.32 Å². The van der Waals surface area contributed by atoms with Crippen LogP contribution in [0.1, 0.15) is 34.6 Å². The van der Waals surface area contributed by atoms with Gasteiger partial charge in [-0.3, -0.25) is 9.59 Å². The third kappa shape index (κ3) is 6.24. The van der Waals surface area contributed by atoms with Crippen molar-refractivity contribution < 1.29 is 29.0 Å². The van der Waals surface area contributed by atoms with Gasteiger partial charge in [0.25, 0.3) is 11.8 Å². The highest BCUT2D eigenvalue weighted by Crippen LogP contribution is 2.24. The Morgan fingerprint density at radius 1 is 1.07 bits per heavy atom. The fraction of sp³-hybridized carbons (Fsp3) is 0.286. The summed E-state index contributed by atoms with van der Waals surface area (Å²) in [5, 5.41) is 15.2. The van der Waals surface area contributed by atoms with E-state index in [9.17, 15) is 19.5 Å². The van der Waals surface area contributed by atoms with Gasteiger partial charge in [-0.15, -0.1) is 0 Å². The van der Waals surface area contributed by atoms with Crippen LogP contribution >= 0.6 is 0 Å². The number of carbonyl (C=O) groups is 3. The summed E-state index contributed by atoms with van der Waals surface area (Å²) < 4.78 is 9.89. The minimum atomic E-state index is -0.858. The van der Waals surface area contributed by atoms with Crippen LogP contribution in [0.25, 0.3) is 0 Å². The van der Waals surface area contributed by atoms with Gasteiger partial charge in [0.05, 0.1) is 18.4 Å². The average Bonchev–Trinajstić information content (AvgIpc) is 2.70. The fourth-order valence-corrected chi connectivity index (χ4v) is 2.39. The Bertz CT molecular complexity index is 894. The van der Waals surface area contributed by atoms with Crippen molar-refractivity contribution in [3.63, 3.8) is 0 Å². The molecule has 0 aliphatic rings. The molecular weight excluding hydrogens is 376 g/mol. The molecule has 0 atom stereocenters. The lowest BCUT2D eigenvalue weighted by molar-refractivity contribution is -0.119. The summed E-state index contributed by atoms with van der Waals surface area (Å²) in [7, 11) is 1.43. The van der Waals surface area contributed by atoms with E-state index in [1.165, 1.54) is 25.3 Å². The molecule has 2 rings (SSSR count). The van der Waals surface area contributed by atoms with Crippen LogP contribution in [0.4, 0.5) is 5.69 Å². The molecule has 0 heterocycles. The number of phenolic OH excluding ortho intramolecular Hbond substituents is 1. The summed E-state index contributed by atoms with van der Waals surface area (Å²) >= 11 is 0. The second-order valence-electron chi connectivity index (χ2n) is 6.66. The van der Waals surface area contributed by atoms with Crippen LogP contribution in [-0.2, 0) is 9.53 Å². The fourth-order valence-electron chi connectivity index (χ4n) is 2.39. The predicted molar refractivity (Wildman–Crippen MR) is 107 cm³/mol. The highest BCUT2D eigenvalue weighted by atomic mass is 16.5. The van der Waals surface area contributed by atoms with Crippen molar-refractivity contribution in [1.29, 1.82) is 0 Å². The molecule has 0 aliphatic heterocycles. The first-order valence-electron chi connectivity index (χ1n) is 9.03. The Labute approximate surface area is 168 Å². The molecular formula is C21H24N2O6. The van der Waals surface area contributed by atoms with Crippen molar-refractivity contribution in [2.24, 2.45) is 5.92 Å². The number of phenols is 1. The minimum Gasteiger partial charge on any atom is -0.507 e. The first kappa shape index (κ1) is 21.7. The summed E-state index contributed by atoms with van der Waals surface area (Å²) in [6.07, 6.45) is 0. The molecule has 8 heteroatoms. The summed E-state index contributed by atoms with van der Waals surface area (Å²) in [4.78, 5) is 36.6. The molecule has 0 fully saturated rings. The van der Waals surface area contributed by atoms with E-state index in [2.05, 4.69) is 10.6 Å². The number of para-hydroxylation sites is 1. The predicted octanol–water partition coefficient (Wildman–Crippen LogP) is 2.58. The van der Waals surface area contributed by atoms with Crippen LogP contribution in [0.3, 0.4) is 0 Å². The molecule has 154 valence electrons. The first-order valence-corrected chi connectivity index (χ1v) is 9.03. The molecule has 0 spiro atoms. The van der Waals surface area contributed by atoms with Crippen molar-refractivity contribution in [3.05, 3.63) is 53.6 Å². The summed E-state index contributed by atoms with van der Waals surface area (Å²) in [6.45, 7) is 3.88. The number of esters is 1. The zero-order valence-corrected chi connectivity index (χ0v) is 16.5. The summed E-state index contributed by atoms with van der Waals surface area (Å²) in [5.74, 6) is -1.44. The van der Waals surface area contributed by atoms with Crippen LogP contribution in [0.5, 0.6) is 11.5 Å². The van der Waals surface area contributed by atoms with E-state index in [4.69, 9.17) is 9.47 Å². The maximum absolute atomic E-state index is 12.3. The number of anilines is 1. The van der Waals surface area contributed by atoms with Crippen LogP contribution in [0.15, 0.2) is 42.5 Å². The Hall–Kier alpha value is -3.55. The lowest BCUT2D eigenvalue weighted by Crippen LogP contribution is -2.29. The number of ether oxygens (including phenoxy) is 2. The summed E-state index contributed by atoms with van der Waals surface area (Å²) in [6, 6.07) is 10.6. The van der Waals surface area contributed by atoms with Gasteiger partial charge in [-0.1, -0.05) is 26.0 Å². The van der Waals surface area contributed by atoms with Gasteiger partial charge in [-0.2, -0.15) is 0 Å². The number of methoxy groups -OCH3 is 1. The zero-order chi connectivity index (χ0) is 21.4. The number of aromatic hydroxyl groups is 1. The van der Waals surface area contributed by atoms with Gasteiger partial charge in [-0.25, -0.2) is 4.79 Å². The van der Waals surface area contributed by atoms with Gasteiger partial charge in [0, 0.05) is 12.6 Å². The Kier molecular flexibility index (Phi) is 7.59. The molecule has 0 aromatic heterocycles. The normalized spacial score (nSPS) is 10.3. The van der Waals surface area contributed by atoms with Gasteiger partial charge in [0.15, 0.2) is 6.61 Å². The van der Waals surface area contributed by atoms with Crippen LogP contribution in [0, 0.1) is 5.92 Å². The second-order valence-corrected chi connectivity index (χ2v) is 6.66. The van der Waals surface area contributed by atoms with Gasteiger partial charge in [0.2, 0.25) is 0 Å². The number of benzene rings is 2. The molecule has 0 radical (unpaired) electrons. The summed E-state index contributed by atoms with van der Waals surface area (Å²) in [5.41, 5.74) is 0.523. The number of carbonyl (C=O) groups excluding carboxylic acids is 3. The number of nitrogens with one attached hydrogen (secondary N) is 2. The average molecular weight is 400 g/mol. The van der Waals surface area contributed by atoms with E-state index in [-0.39, 0.29) is 23.1 Å². The number of amides is 2. The van der Waals surface area contributed by atoms with Crippen molar-refractivity contribution in [2.75, 3.05) is 25.6 Å². The Balaban J connectivity index is 1.98. The largest absolute Gasteiger partial charge is 0.507 e. The SMILES string of the molecule is COc1ccc(C(=O)OCC(=O)Nc2ccccc2C(=O)NCC(C)C)c(O)c1. The van der Waals surface area contributed by atoms with Crippen molar-refractivity contribution in [3.8, 4) is 11.5 Å². The standard InChI is InChI=1S/C21H24N2O6/c1-13(2)11-22-20(26)15-6-4-5-7-17(15)23-19(25)12-29-21(27)16-9-8-14(28-3)10-18(16)24/h4-10,13,24H,11-12H2,1-3H3,(H,22,26)(H,23,25). The third-order valence-corrected chi connectivity index (χ3v) is 3.88. The lowest BCUT2D eigenvalue weighted by atomic mass is 10.1. The molecule has 0 saturated heterocycles. The maximum Gasteiger partial charge on any atom is 0.342 e. The molecule has 0 unspecified atom stereocenters. The van der Waals surface area contributed by atoms with Crippen LogP contribution in [0.2, 0.25) is 0 Å². The van der Waals surface area contributed by atoms with Gasteiger partial charge < -0.3 is 25.2 Å². The van der Waals surface area contributed by atoms with Gasteiger partial charge in [0.1, 0.15) is 17.1 Å². The number of hydrogen-bond acceptors (Lipinski definition) is 6. The molecule has 2 aromatic rings. The number of hydrogen-bond donors (Lipinski definition) is 3. The number of rotatable bonds is 8. The minimum absolute atomic E-state index is 0.0907. The third-order valence-electron chi connectivity index (χ3n) is 3.88. The van der Waals surface area contributed by atoms with Crippen molar-refractivity contribution in [2.45, 2.75) is 13.8 Å². The molecule has 0 saturated carbocycles. The van der Waals surface area contributed by atoms with E-state index in [1.807, 2.05) is 13.8 Å². The molecule has 0 bridgehead atoms. The monoisotopic (exact) mass is 400 g/mol. The van der Waals surface area contributed by atoms with Crippen LogP contribution < -0.4 is 15.4 Å². The maximum atomic E-state index is 12.3. The Morgan fingerprint density at radius 2 is 1.79 bits per heavy atom. The topological polar surface area (TPSA) is 114 Å². The molecule has 0 aliphatic carbocycles. The molecule has 3 N–H and O–H groups in total. The Morgan fingerprint density at radius 3 is 2.45 bits per heavy atom. The lowest BCUT2D eigenvalue weighted by Gasteiger charge is -2.13. The van der Waals surface area contributed by atoms with Gasteiger partial charge in [-0.05, 0) is 30.2 Å². The molecule has 29 heavy (non-hydrogen) atoms. The van der Waals surface area contributed by atoms with Crippen LogP contribution in [-0.4, -0.2) is 43.2 Å². The molecule has 2 aromatic carbocycles. The van der Waals surface area contributed by atoms with E-state index in [0.29, 0.717) is 23.5 Å². The van der Waals surface area contributed by atoms with Crippen molar-refractivity contribution >= 4 is 23.5 Å². The van der Waals surface area contributed by atoms with E-state index in [0.717, 1.165) is 0 Å². The first-order chi connectivity index (χ1) is 13.8. The highest BCUT2D eigenvalue weighted by Gasteiger charge is 2.17.